The van der Waals surface area contributed by atoms with Crippen LogP contribution in [0.3, 0.4) is 0 Å². The van der Waals surface area contributed by atoms with E-state index in [-0.39, 0.29) is 6.42 Å². The van der Waals surface area contributed by atoms with Crippen LogP contribution >= 0.6 is 0 Å². The second-order valence-electron chi connectivity index (χ2n) is 7.53. The highest BCUT2D eigenvalue weighted by atomic mass is 16.6. The van der Waals surface area contributed by atoms with Gasteiger partial charge in [0, 0.05) is 13.1 Å². The predicted molar refractivity (Wildman–Crippen MR) is 124 cm³/mol. The topological polar surface area (TPSA) is 70.9 Å². The summed E-state index contributed by atoms with van der Waals surface area (Å²) < 4.78 is 0. The number of carboxylic acids is 1. The maximum absolute atomic E-state index is 10.5. The third-order valence-corrected chi connectivity index (χ3v) is 4.99. The normalized spacial score (nSPS) is 11.4. The van der Waals surface area contributed by atoms with Crippen LogP contribution in [0.4, 0.5) is 0 Å². The van der Waals surface area contributed by atoms with E-state index in [1.165, 1.54) is 16.7 Å². The Bertz CT molecular complexity index is 1010. The van der Waals surface area contributed by atoms with Crippen LogP contribution in [-0.4, -0.2) is 23.3 Å². The molecule has 3 rings (SSSR count). The number of nitrogens with zero attached hydrogens (tertiary/aromatic N) is 1. The maximum Gasteiger partial charge on any atom is 0.304 e. The number of carboxylic acid groups (broad SMARTS) is 1. The standard InChI is InChI=1S/C26H28N2O3/c1-19-3-9-24(10-4-19)25-13-7-22(8-14-25)18-31-28-20(2)23-11-5-21(6-12-23)17-27-16-15-26(29)30/h3-14,27H,15-18H2,1-2H3,(H,29,30)/b28-20+. The number of rotatable bonds is 10. The van der Waals surface area contributed by atoms with Gasteiger partial charge in [0.05, 0.1) is 12.1 Å². The molecule has 0 spiro atoms. The Morgan fingerprint density at radius 1 is 0.903 bits per heavy atom. The van der Waals surface area contributed by atoms with E-state index >= 15 is 0 Å². The molecule has 3 aromatic rings. The van der Waals surface area contributed by atoms with Gasteiger partial charge in [-0.2, -0.15) is 0 Å². The lowest BCUT2D eigenvalue weighted by Crippen LogP contribution is -2.17. The van der Waals surface area contributed by atoms with Crippen LogP contribution < -0.4 is 5.32 Å². The van der Waals surface area contributed by atoms with E-state index in [1.807, 2.05) is 31.2 Å². The quantitative estimate of drug-likeness (QED) is 0.272. The Kier molecular flexibility index (Phi) is 7.96. The first kappa shape index (κ1) is 22.2. The summed E-state index contributed by atoms with van der Waals surface area (Å²) in [6, 6.07) is 24.8. The Hall–Kier alpha value is -3.44. The Morgan fingerprint density at radius 2 is 1.48 bits per heavy atom. The van der Waals surface area contributed by atoms with E-state index in [4.69, 9.17) is 9.94 Å². The zero-order valence-electron chi connectivity index (χ0n) is 18.0. The van der Waals surface area contributed by atoms with Crippen molar-refractivity contribution >= 4 is 11.7 Å². The molecule has 0 saturated heterocycles. The highest BCUT2D eigenvalue weighted by molar-refractivity contribution is 5.98. The van der Waals surface area contributed by atoms with Crippen LogP contribution in [0, 0.1) is 6.92 Å². The van der Waals surface area contributed by atoms with Crippen molar-refractivity contribution in [1.82, 2.24) is 5.32 Å². The summed E-state index contributed by atoms with van der Waals surface area (Å²) in [6.45, 7) is 5.51. The first-order valence-electron chi connectivity index (χ1n) is 10.4. The molecule has 5 nitrogen and oxygen atoms in total. The van der Waals surface area contributed by atoms with E-state index in [0.717, 1.165) is 22.4 Å². The van der Waals surface area contributed by atoms with Crippen LogP contribution in [-0.2, 0) is 22.8 Å². The van der Waals surface area contributed by atoms with Crippen molar-refractivity contribution in [3.8, 4) is 11.1 Å². The molecule has 0 aliphatic carbocycles. The number of hydrogen-bond donors (Lipinski definition) is 2. The fourth-order valence-electron chi connectivity index (χ4n) is 3.09. The van der Waals surface area contributed by atoms with Gasteiger partial charge in [-0.05, 0) is 41.7 Å². The van der Waals surface area contributed by atoms with Gasteiger partial charge in [0.15, 0.2) is 0 Å². The van der Waals surface area contributed by atoms with Crippen molar-refractivity contribution in [3.63, 3.8) is 0 Å². The van der Waals surface area contributed by atoms with E-state index in [1.54, 1.807) is 0 Å². The number of carbonyl (C=O) groups is 1. The molecule has 0 aliphatic rings. The number of oxime groups is 1. The lowest BCUT2D eigenvalue weighted by atomic mass is 10.0. The van der Waals surface area contributed by atoms with Crippen LogP contribution in [0.5, 0.6) is 0 Å². The zero-order valence-corrected chi connectivity index (χ0v) is 18.0. The average Bonchev–Trinajstić information content (AvgIpc) is 2.78. The summed E-state index contributed by atoms with van der Waals surface area (Å²) in [5, 5.41) is 16.0. The number of aryl methyl sites for hydroxylation is 1. The molecule has 3 aromatic carbocycles. The summed E-state index contributed by atoms with van der Waals surface area (Å²) in [6.07, 6.45) is 0.121. The number of benzene rings is 3. The number of nitrogens with one attached hydrogen (secondary N) is 1. The minimum Gasteiger partial charge on any atom is -0.481 e. The molecule has 0 bridgehead atoms. The van der Waals surface area contributed by atoms with Gasteiger partial charge < -0.3 is 15.3 Å². The van der Waals surface area contributed by atoms with Crippen molar-refractivity contribution in [2.45, 2.75) is 33.4 Å². The van der Waals surface area contributed by atoms with Crippen molar-refractivity contribution in [2.75, 3.05) is 6.54 Å². The van der Waals surface area contributed by atoms with Crippen molar-refractivity contribution in [3.05, 3.63) is 95.1 Å². The monoisotopic (exact) mass is 416 g/mol. The van der Waals surface area contributed by atoms with Crippen molar-refractivity contribution in [2.24, 2.45) is 5.16 Å². The fourth-order valence-corrected chi connectivity index (χ4v) is 3.09. The molecule has 5 heteroatoms. The summed E-state index contributed by atoms with van der Waals surface area (Å²) >= 11 is 0. The Morgan fingerprint density at radius 3 is 2.10 bits per heavy atom. The molecule has 0 radical (unpaired) electrons. The van der Waals surface area contributed by atoms with E-state index in [9.17, 15) is 4.79 Å². The van der Waals surface area contributed by atoms with Gasteiger partial charge in [0.1, 0.15) is 6.61 Å². The first-order chi connectivity index (χ1) is 15.0. The third kappa shape index (κ3) is 7.08. The maximum atomic E-state index is 10.5. The smallest absolute Gasteiger partial charge is 0.304 e. The predicted octanol–water partition coefficient (Wildman–Crippen LogP) is 5.17. The zero-order chi connectivity index (χ0) is 22.1. The SMILES string of the molecule is C/C(=N\OCc1ccc(-c2ccc(C)cc2)cc1)c1ccc(CNCCC(=O)O)cc1. The van der Waals surface area contributed by atoms with Crippen LogP contribution in [0.25, 0.3) is 11.1 Å². The first-order valence-corrected chi connectivity index (χ1v) is 10.4. The molecular formula is C26H28N2O3. The Labute approximate surface area is 183 Å². The molecular weight excluding hydrogens is 388 g/mol. The minimum absolute atomic E-state index is 0.121. The minimum atomic E-state index is -0.795. The summed E-state index contributed by atoms with van der Waals surface area (Å²) in [7, 11) is 0. The third-order valence-electron chi connectivity index (χ3n) is 4.99. The van der Waals surface area contributed by atoms with E-state index in [2.05, 4.69) is 65.9 Å². The number of aliphatic carboxylic acids is 1. The van der Waals surface area contributed by atoms with Crippen molar-refractivity contribution < 1.29 is 14.7 Å². The molecule has 2 N–H and O–H groups in total. The molecule has 0 saturated carbocycles. The van der Waals surface area contributed by atoms with Crippen molar-refractivity contribution in [1.29, 1.82) is 0 Å². The molecule has 0 aliphatic heterocycles. The second kappa shape index (κ2) is 11.1. The number of hydrogen-bond acceptors (Lipinski definition) is 4. The summed E-state index contributed by atoms with van der Waals surface area (Å²) in [4.78, 5) is 16.1. The van der Waals surface area contributed by atoms with Crippen LogP contribution in [0.1, 0.15) is 35.6 Å². The molecule has 31 heavy (non-hydrogen) atoms. The van der Waals surface area contributed by atoms with Gasteiger partial charge in [-0.15, -0.1) is 0 Å². The molecule has 0 aromatic heterocycles. The van der Waals surface area contributed by atoms with Crippen LogP contribution in [0.2, 0.25) is 0 Å². The molecule has 160 valence electrons. The molecule has 0 heterocycles. The summed E-state index contributed by atoms with van der Waals surface area (Å²) in [5.41, 5.74) is 7.59. The lowest BCUT2D eigenvalue weighted by Gasteiger charge is -2.07. The van der Waals surface area contributed by atoms with Gasteiger partial charge in [-0.25, -0.2) is 0 Å². The molecule has 0 atom stereocenters. The highest BCUT2D eigenvalue weighted by Gasteiger charge is 2.02. The van der Waals surface area contributed by atoms with Gasteiger partial charge in [-0.3, -0.25) is 4.79 Å². The van der Waals surface area contributed by atoms with E-state index < -0.39 is 5.97 Å². The largest absolute Gasteiger partial charge is 0.481 e. The second-order valence-corrected chi connectivity index (χ2v) is 7.53. The average molecular weight is 417 g/mol. The highest BCUT2D eigenvalue weighted by Crippen LogP contribution is 2.20. The van der Waals surface area contributed by atoms with Gasteiger partial charge >= 0.3 is 5.97 Å². The van der Waals surface area contributed by atoms with Gasteiger partial charge in [0.25, 0.3) is 0 Å². The Balaban J connectivity index is 1.49. The fraction of sp³-hybridized carbons (Fsp3) is 0.231. The lowest BCUT2D eigenvalue weighted by molar-refractivity contribution is -0.136. The molecule has 0 unspecified atom stereocenters. The summed E-state index contributed by atoms with van der Waals surface area (Å²) in [5.74, 6) is -0.795. The van der Waals surface area contributed by atoms with Gasteiger partial charge in [-0.1, -0.05) is 83.5 Å². The van der Waals surface area contributed by atoms with Crippen LogP contribution in [0.15, 0.2) is 78.0 Å². The van der Waals surface area contributed by atoms with E-state index in [0.29, 0.717) is 19.7 Å². The van der Waals surface area contributed by atoms with Gasteiger partial charge in [0.2, 0.25) is 0 Å². The molecule has 0 amide bonds. The molecule has 0 fully saturated rings.